The predicted octanol–water partition coefficient (Wildman–Crippen LogP) is 5.05. The Kier molecular flexibility index (Phi) is 6.12. The number of hydrogen-bond donors (Lipinski definition) is 1. The number of rotatable bonds is 7. The number of ether oxygens (including phenoxy) is 2. The Morgan fingerprint density at radius 2 is 1.35 bits per heavy atom. The molecule has 3 rings (SSSR count). The van der Waals surface area contributed by atoms with E-state index in [0.717, 1.165) is 5.69 Å². The maximum atomic E-state index is 12.5. The molecule has 0 spiro atoms. The second-order valence-corrected chi connectivity index (χ2v) is 5.85. The van der Waals surface area contributed by atoms with Crippen LogP contribution in [-0.2, 0) is 0 Å². The van der Waals surface area contributed by atoms with Crippen molar-refractivity contribution in [1.82, 2.24) is 0 Å². The third-order valence-corrected chi connectivity index (χ3v) is 3.91. The second-order valence-electron chi connectivity index (χ2n) is 5.44. The van der Waals surface area contributed by atoms with Gasteiger partial charge in [0.15, 0.2) is 0 Å². The molecule has 3 aromatic rings. The van der Waals surface area contributed by atoms with Crippen molar-refractivity contribution in [2.75, 3.05) is 18.5 Å². The first-order valence-electron chi connectivity index (χ1n) is 8.19. The van der Waals surface area contributed by atoms with Crippen molar-refractivity contribution in [3.8, 4) is 11.5 Å². The fourth-order valence-corrected chi connectivity index (χ4v) is 2.56. The quantitative estimate of drug-likeness (QED) is 0.594. The van der Waals surface area contributed by atoms with Gasteiger partial charge in [0.1, 0.15) is 24.7 Å². The van der Waals surface area contributed by atoms with Gasteiger partial charge in [0, 0.05) is 5.69 Å². The van der Waals surface area contributed by atoms with Crippen molar-refractivity contribution in [1.29, 1.82) is 0 Å². The molecule has 26 heavy (non-hydrogen) atoms. The Morgan fingerprint density at radius 1 is 0.769 bits per heavy atom. The van der Waals surface area contributed by atoms with Crippen LogP contribution in [-0.4, -0.2) is 19.1 Å². The van der Waals surface area contributed by atoms with E-state index in [9.17, 15) is 4.79 Å². The van der Waals surface area contributed by atoms with Gasteiger partial charge in [0.2, 0.25) is 0 Å². The van der Waals surface area contributed by atoms with Gasteiger partial charge in [-0.2, -0.15) is 0 Å². The molecule has 0 atom stereocenters. The van der Waals surface area contributed by atoms with Gasteiger partial charge < -0.3 is 14.8 Å². The molecule has 0 heterocycles. The number of para-hydroxylation sites is 3. The van der Waals surface area contributed by atoms with E-state index in [0.29, 0.717) is 35.3 Å². The van der Waals surface area contributed by atoms with Crippen LogP contribution in [0.4, 0.5) is 5.69 Å². The molecule has 0 bridgehead atoms. The zero-order valence-electron chi connectivity index (χ0n) is 14.0. The number of hydrogen-bond acceptors (Lipinski definition) is 3. The number of nitrogens with one attached hydrogen (secondary N) is 1. The highest BCUT2D eigenvalue weighted by molar-refractivity contribution is 6.32. The lowest BCUT2D eigenvalue weighted by atomic mass is 10.2. The van der Waals surface area contributed by atoms with E-state index >= 15 is 0 Å². The van der Waals surface area contributed by atoms with Crippen molar-refractivity contribution in [2.24, 2.45) is 0 Å². The maximum absolute atomic E-state index is 12.5. The van der Waals surface area contributed by atoms with Crippen LogP contribution in [0.3, 0.4) is 0 Å². The van der Waals surface area contributed by atoms with E-state index in [4.69, 9.17) is 21.1 Å². The number of benzene rings is 3. The monoisotopic (exact) mass is 367 g/mol. The van der Waals surface area contributed by atoms with Gasteiger partial charge in [-0.05, 0) is 36.4 Å². The van der Waals surface area contributed by atoms with Crippen molar-refractivity contribution in [3.63, 3.8) is 0 Å². The number of amides is 1. The van der Waals surface area contributed by atoms with E-state index < -0.39 is 0 Å². The van der Waals surface area contributed by atoms with Crippen molar-refractivity contribution in [3.05, 3.63) is 89.4 Å². The highest BCUT2D eigenvalue weighted by atomic mass is 35.5. The normalized spacial score (nSPS) is 10.2. The van der Waals surface area contributed by atoms with Crippen LogP contribution in [0.25, 0.3) is 0 Å². The molecule has 0 aromatic heterocycles. The smallest absolute Gasteiger partial charge is 0.259 e. The molecule has 0 saturated carbocycles. The fourth-order valence-electron chi connectivity index (χ4n) is 2.37. The van der Waals surface area contributed by atoms with Crippen LogP contribution in [0.5, 0.6) is 11.5 Å². The predicted molar refractivity (Wildman–Crippen MR) is 103 cm³/mol. The molecule has 0 aliphatic rings. The van der Waals surface area contributed by atoms with Crippen molar-refractivity contribution < 1.29 is 14.3 Å². The van der Waals surface area contributed by atoms with Gasteiger partial charge in [0.25, 0.3) is 5.91 Å². The maximum Gasteiger partial charge on any atom is 0.259 e. The minimum Gasteiger partial charge on any atom is -0.489 e. The molecule has 132 valence electrons. The molecule has 0 radical (unpaired) electrons. The van der Waals surface area contributed by atoms with Gasteiger partial charge in [-0.15, -0.1) is 0 Å². The first-order valence-corrected chi connectivity index (χ1v) is 8.57. The zero-order chi connectivity index (χ0) is 18.2. The van der Waals surface area contributed by atoms with Crippen LogP contribution >= 0.6 is 11.6 Å². The summed E-state index contributed by atoms with van der Waals surface area (Å²) < 4.78 is 11.3. The molecule has 5 heteroatoms. The average molecular weight is 368 g/mol. The Balaban J connectivity index is 1.58. The first kappa shape index (κ1) is 17.8. The van der Waals surface area contributed by atoms with Crippen LogP contribution in [0, 0.1) is 0 Å². The Labute approximate surface area is 157 Å². The SMILES string of the molecule is O=C(Nc1ccccc1)c1ccccc1OCCOc1ccccc1Cl. The molecule has 0 unspecified atom stereocenters. The van der Waals surface area contributed by atoms with Crippen LogP contribution < -0.4 is 14.8 Å². The Bertz CT molecular complexity index is 868. The molecule has 4 nitrogen and oxygen atoms in total. The van der Waals surface area contributed by atoms with E-state index in [-0.39, 0.29) is 5.91 Å². The minimum absolute atomic E-state index is 0.223. The van der Waals surface area contributed by atoms with Gasteiger partial charge in [-0.1, -0.05) is 54.1 Å². The molecule has 1 N–H and O–H groups in total. The van der Waals surface area contributed by atoms with E-state index in [1.165, 1.54) is 0 Å². The Hall–Kier alpha value is -2.98. The lowest BCUT2D eigenvalue weighted by molar-refractivity contribution is 0.102. The van der Waals surface area contributed by atoms with Gasteiger partial charge in [-0.3, -0.25) is 4.79 Å². The van der Waals surface area contributed by atoms with Crippen LogP contribution in [0.2, 0.25) is 5.02 Å². The average Bonchev–Trinajstić information content (AvgIpc) is 2.67. The van der Waals surface area contributed by atoms with Crippen LogP contribution in [0.15, 0.2) is 78.9 Å². The van der Waals surface area contributed by atoms with E-state index in [1.54, 1.807) is 30.3 Å². The zero-order valence-corrected chi connectivity index (χ0v) is 14.8. The van der Waals surface area contributed by atoms with Gasteiger partial charge >= 0.3 is 0 Å². The van der Waals surface area contributed by atoms with Crippen LogP contribution in [0.1, 0.15) is 10.4 Å². The summed E-state index contributed by atoms with van der Waals surface area (Å²) in [4.78, 5) is 12.5. The summed E-state index contributed by atoms with van der Waals surface area (Å²) in [6, 6.07) is 23.6. The molecular weight excluding hydrogens is 350 g/mol. The second kappa shape index (κ2) is 8.92. The molecule has 0 aliphatic carbocycles. The number of halogens is 1. The van der Waals surface area contributed by atoms with Gasteiger partial charge in [0.05, 0.1) is 10.6 Å². The number of carbonyl (C=O) groups is 1. The topological polar surface area (TPSA) is 47.6 Å². The number of carbonyl (C=O) groups excluding carboxylic acids is 1. The molecular formula is C21H18ClNO3. The summed E-state index contributed by atoms with van der Waals surface area (Å²) in [6.45, 7) is 0.610. The highest BCUT2D eigenvalue weighted by Crippen LogP contribution is 2.23. The van der Waals surface area contributed by atoms with Crippen molar-refractivity contribution >= 4 is 23.2 Å². The van der Waals surface area contributed by atoms with Gasteiger partial charge in [-0.25, -0.2) is 0 Å². The van der Waals surface area contributed by atoms with E-state index in [1.807, 2.05) is 48.5 Å². The number of anilines is 1. The summed E-state index contributed by atoms with van der Waals surface area (Å²) in [5.74, 6) is 0.885. The lowest BCUT2D eigenvalue weighted by Crippen LogP contribution is -2.15. The molecule has 0 fully saturated rings. The van der Waals surface area contributed by atoms with E-state index in [2.05, 4.69) is 5.32 Å². The summed E-state index contributed by atoms with van der Waals surface area (Å²) in [7, 11) is 0. The first-order chi connectivity index (χ1) is 12.7. The summed E-state index contributed by atoms with van der Waals surface area (Å²) in [5.41, 5.74) is 1.20. The minimum atomic E-state index is -0.223. The fraction of sp³-hybridized carbons (Fsp3) is 0.0952. The molecule has 0 aliphatic heterocycles. The lowest BCUT2D eigenvalue weighted by Gasteiger charge is -2.12. The molecule has 3 aromatic carbocycles. The summed E-state index contributed by atoms with van der Waals surface area (Å²) in [6.07, 6.45) is 0. The van der Waals surface area contributed by atoms with Crippen molar-refractivity contribution in [2.45, 2.75) is 0 Å². The third-order valence-electron chi connectivity index (χ3n) is 3.60. The summed E-state index contributed by atoms with van der Waals surface area (Å²) >= 11 is 6.05. The molecule has 0 saturated heterocycles. The Morgan fingerprint density at radius 3 is 2.08 bits per heavy atom. The summed E-state index contributed by atoms with van der Waals surface area (Å²) in [5, 5.41) is 3.41. The molecule has 1 amide bonds. The third kappa shape index (κ3) is 4.77. The highest BCUT2D eigenvalue weighted by Gasteiger charge is 2.12. The largest absolute Gasteiger partial charge is 0.489 e. The standard InChI is InChI=1S/C21H18ClNO3/c22-18-11-5-7-13-20(18)26-15-14-25-19-12-6-4-10-17(19)21(24)23-16-8-2-1-3-9-16/h1-13H,14-15H2,(H,23,24).